The highest BCUT2D eigenvalue weighted by atomic mass is 35.5. The third kappa shape index (κ3) is 5.27. The quantitative estimate of drug-likeness (QED) is 0.762. The summed E-state index contributed by atoms with van der Waals surface area (Å²) in [4.78, 5) is 24.0. The maximum Gasteiger partial charge on any atom is 0.347 e. The number of hydrogen-bond donors (Lipinski definition) is 1. The minimum absolute atomic E-state index is 0.429. The molecule has 3 rings (SSSR count). The summed E-state index contributed by atoms with van der Waals surface area (Å²) in [6, 6.07) is 11.6. The molecule has 1 aliphatic rings. The second kappa shape index (κ2) is 8.64. The number of esters is 1. The van der Waals surface area contributed by atoms with Gasteiger partial charge in [-0.25, -0.2) is 4.79 Å². The summed E-state index contributed by atoms with van der Waals surface area (Å²) in [5.74, 6) is 0.533. The predicted octanol–water partition coefficient (Wildman–Crippen LogP) is 3.06. The van der Waals surface area contributed by atoms with Crippen LogP contribution in [0.15, 0.2) is 42.5 Å². The number of rotatable bonds is 6. The Morgan fingerprint density at radius 3 is 2.56 bits per heavy atom. The van der Waals surface area contributed by atoms with Crippen molar-refractivity contribution in [1.82, 2.24) is 0 Å². The van der Waals surface area contributed by atoms with Crippen LogP contribution in [0.4, 0.5) is 5.69 Å². The van der Waals surface area contributed by atoms with Crippen LogP contribution in [0.1, 0.15) is 6.92 Å². The number of amides is 1. The first-order valence-electron chi connectivity index (χ1n) is 8.29. The fourth-order valence-electron chi connectivity index (χ4n) is 2.34. The van der Waals surface area contributed by atoms with E-state index in [0.29, 0.717) is 41.2 Å². The Morgan fingerprint density at radius 2 is 1.81 bits per heavy atom. The maximum atomic E-state index is 12.0. The van der Waals surface area contributed by atoms with Crippen molar-refractivity contribution < 1.29 is 28.5 Å². The summed E-state index contributed by atoms with van der Waals surface area (Å²) in [5, 5.41) is 3.20. The average Bonchev–Trinajstić information content (AvgIpc) is 2.67. The van der Waals surface area contributed by atoms with Gasteiger partial charge in [-0.05, 0) is 43.3 Å². The summed E-state index contributed by atoms with van der Waals surface area (Å²) in [6.45, 7) is 2.05. The highest BCUT2D eigenvalue weighted by molar-refractivity contribution is 6.30. The Bertz CT molecular complexity index is 823. The molecule has 27 heavy (non-hydrogen) atoms. The van der Waals surface area contributed by atoms with E-state index < -0.39 is 24.6 Å². The van der Waals surface area contributed by atoms with Crippen LogP contribution >= 0.6 is 11.6 Å². The zero-order chi connectivity index (χ0) is 19.2. The van der Waals surface area contributed by atoms with Gasteiger partial charge in [-0.15, -0.1) is 0 Å². The van der Waals surface area contributed by atoms with Crippen LogP contribution in [-0.2, 0) is 14.3 Å². The number of ether oxygens (including phenoxy) is 4. The summed E-state index contributed by atoms with van der Waals surface area (Å²) in [7, 11) is 0. The number of carbonyl (C=O) groups is 2. The lowest BCUT2D eigenvalue weighted by Crippen LogP contribution is -2.29. The van der Waals surface area contributed by atoms with Gasteiger partial charge < -0.3 is 24.3 Å². The van der Waals surface area contributed by atoms with Crippen molar-refractivity contribution in [3.8, 4) is 17.2 Å². The topological polar surface area (TPSA) is 83.1 Å². The zero-order valence-electron chi connectivity index (χ0n) is 14.6. The molecule has 1 aliphatic heterocycles. The summed E-state index contributed by atoms with van der Waals surface area (Å²) in [6.07, 6.45) is -0.867. The van der Waals surface area contributed by atoms with E-state index in [0.717, 1.165) is 0 Å². The zero-order valence-corrected chi connectivity index (χ0v) is 15.3. The van der Waals surface area contributed by atoms with Gasteiger partial charge in [-0.3, -0.25) is 4.79 Å². The molecule has 1 amide bonds. The number of nitrogens with one attached hydrogen (secondary N) is 1. The lowest BCUT2D eigenvalue weighted by molar-refractivity contribution is -0.153. The molecule has 1 N–H and O–H groups in total. The molecule has 7 nitrogen and oxygen atoms in total. The third-order valence-corrected chi connectivity index (χ3v) is 3.88. The molecule has 0 radical (unpaired) electrons. The van der Waals surface area contributed by atoms with Crippen LogP contribution < -0.4 is 19.5 Å². The molecule has 142 valence electrons. The SMILES string of the molecule is C[C@H](Oc1ccc(Cl)cc1)C(=O)OCC(=O)Nc1ccc2c(c1)OCCO2. The van der Waals surface area contributed by atoms with E-state index in [1.807, 2.05) is 0 Å². The molecule has 2 aromatic rings. The van der Waals surface area contributed by atoms with Crippen molar-refractivity contribution in [3.63, 3.8) is 0 Å². The number of fused-ring (bicyclic) bond motifs is 1. The van der Waals surface area contributed by atoms with Crippen LogP contribution in [-0.4, -0.2) is 37.8 Å². The molecule has 0 aromatic heterocycles. The molecular formula is C19H18ClNO6. The first-order chi connectivity index (χ1) is 13.0. The van der Waals surface area contributed by atoms with Crippen LogP contribution in [0.5, 0.6) is 17.2 Å². The minimum Gasteiger partial charge on any atom is -0.486 e. The van der Waals surface area contributed by atoms with Gasteiger partial charge in [0.2, 0.25) is 0 Å². The Balaban J connectivity index is 1.46. The smallest absolute Gasteiger partial charge is 0.347 e. The lowest BCUT2D eigenvalue weighted by Gasteiger charge is -2.19. The van der Waals surface area contributed by atoms with Gasteiger partial charge in [-0.1, -0.05) is 11.6 Å². The first-order valence-corrected chi connectivity index (χ1v) is 8.67. The van der Waals surface area contributed by atoms with Crippen LogP contribution in [0, 0.1) is 0 Å². The summed E-state index contributed by atoms with van der Waals surface area (Å²) >= 11 is 5.79. The van der Waals surface area contributed by atoms with E-state index in [1.165, 1.54) is 6.92 Å². The Labute approximate surface area is 161 Å². The monoisotopic (exact) mass is 391 g/mol. The molecule has 1 atom stereocenters. The van der Waals surface area contributed by atoms with Crippen molar-refractivity contribution in [2.75, 3.05) is 25.1 Å². The van der Waals surface area contributed by atoms with E-state index in [4.69, 9.17) is 30.5 Å². The summed E-state index contributed by atoms with van der Waals surface area (Å²) < 4.78 is 21.3. The normalized spacial score (nSPS) is 13.4. The van der Waals surface area contributed by atoms with Gasteiger partial charge in [0, 0.05) is 16.8 Å². The molecule has 8 heteroatoms. The number of benzene rings is 2. The van der Waals surface area contributed by atoms with Crippen molar-refractivity contribution in [1.29, 1.82) is 0 Å². The average molecular weight is 392 g/mol. The van der Waals surface area contributed by atoms with Crippen molar-refractivity contribution >= 4 is 29.2 Å². The predicted molar refractivity (Wildman–Crippen MR) is 98.6 cm³/mol. The Morgan fingerprint density at radius 1 is 1.11 bits per heavy atom. The largest absolute Gasteiger partial charge is 0.486 e. The fraction of sp³-hybridized carbons (Fsp3) is 0.263. The van der Waals surface area contributed by atoms with Crippen molar-refractivity contribution in [2.45, 2.75) is 13.0 Å². The van der Waals surface area contributed by atoms with E-state index in [1.54, 1.807) is 42.5 Å². The van der Waals surface area contributed by atoms with Gasteiger partial charge in [0.15, 0.2) is 24.2 Å². The molecule has 0 spiro atoms. The van der Waals surface area contributed by atoms with Gasteiger partial charge in [0.05, 0.1) is 0 Å². The van der Waals surface area contributed by atoms with E-state index >= 15 is 0 Å². The van der Waals surface area contributed by atoms with E-state index in [9.17, 15) is 9.59 Å². The van der Waals surface area contributed by atoms with Crippen molar-refractivity contribution in [3.05, 3.63) is 47.5 Å². The molecule has 0 bridgehead atoms. The molecule has 1 heterocycles. The van der Waals surface area contributed by atoms with Gasteiger partial charge in [0.1, 0.15) is 19.0 Å². The second-order valence-corrected chi connectivity index (χ2v) is 6.16. The van der Waals surface area contributed by atoms with Gasteiger partial charge in [-0.2, -0.15) is 0 Å². The molecule has 0 fully saturated rings. The standard InChI is InChI=1S/C19H18ClNO6/c1-12(27-15-5-2-13(20)3-6-15)19(23)26-11-18(22)21-14-4-7-16-17(10-14)25-9-8-24-16/h2-7,10,12H,8-9,11H2,1H3,(H,21,22)/t12-/m0/s1. The Kier molecular flexibility index (Phi) is 6.03. The van der Waals surface area contributed by atoms with E-state index in [-0.39, 0.29) is 0 Å². The fourth-order valence-corrected chi connectivity index (χ4v) is 2.46. The van der Waals surface area contributed by atoms with Crippen LogP contribution in [0.25, 0.3) is 0 Å². The molecular weight excluding hydrogens is 374 g/mol. The molecule has 0 unspecified atom stereocenters. The highest BCUT2D eigenvalue weighted by Crippen LogP contribution is 2.32. The lowest BCUT2D eigenvalue weighted by atomic mass is 10.2. The highest BCUT2D eigenvalue weighted by Gasteiger charge is 2.18. The minimum atomic E-state index is -0.867. The Hall–Kier alpha value is -2.93. The molecule has 0 aliphatic carbocycles. The van der Waals surface area contributed by atoms with Crippen LogP contribution in [0.3, 0.4) is 0 Å². The van der Waals surface area contributed by atoms with Crippen LogP contribution in [0.2, 0.25) is 5.02 Å². The second-order valence-electron chi connectivity index (χ2n) is 5.73. The van der Waals surface area contributed by atoms with E-state index in [2.05, 4.69) is 5.32 Å². The van der Waals surface area contributed by atoms with Gasteiger partial charge in [0.25, 0.3) is 5.91 Å². The van der Waals surface area contributed by atoms with Crippen molar-refractivity contribution in [2.24, 2.45) is 0 Å². The number of carbonyl (C=O) groups excluding carboxylic acids is 2. The van der Waals surface area contributed by atoms with Gasteiger partial charge >= 0.3 is 5.97 Å². The number of anilines is 1. The molecule has 0 saturated carbocycles. The third-order valence-electron chi connectivity index (χ3n) is 3.63. The molecule has 2 aromatic carbocycles. The summed E-state index contributed by atoms with van der Waals surface area (Å²) in [5.41, 5.74) is 0.519. The number of halogens is 1. The number of hydrogen-bond acceptors (Lipinski definition) is 6. The molecule has 0 saturated heterocycles. The first kappa shape index (κ1) is 18.8. The maximum absolute atomic E-state index is 12.0.